The molecule has 0 bridgehead atoms. The van der Waals surface area contributed by atoms with Crippen molar-refractivity contribution < 1.29 is 5.11 Å². The van der Waals surface area contributed by atoms with Crippen LogP contribution in [-0.2, 0) is 13.6 Å². The highest BCUT2D eigenvalue weighted by molar-refractivity contribution is 6.30. The third-order valence-electron chi connectivity index (χ3n) is 4.03. The smallest absolute Gasteiger partial charge is 0.131 e. The lowest BCUT2D eigenvalue weighted by molar-refractivity contribution is 0.192. The van der Waals surface area contributed by atoms with E-state index < -0.39 is 0 Å². The van der Waals surface area contributed by atoms with Crippen LogP contribution in [0.2, 0.25) is 5.15 Å². The van der Waals surface area contributed by atoms with Crippen molar-refractivity contribution in [2.45, 2.75) is 32.7 Å². The molecule has 1 fully saturated rings. The van der Waals surface area contributed by atoms with Crippen LogP contribution in [0.5, 0.6) is 0 Å². The molecule has 2 unspecified atom stereocenters. The molecule has 2 N–H and O–H groups in total. The van der Waals surface area contributed by atoms with Gasteiger partial charge in [-0.05, 0) is 38.1 Å². The first kappa shape index (κ1) is 13.8. The maximum atomic E-state index is 9.28. The van der Waals surface area contributed by atoms with Crippen molar-refractivity contribution in [1.29, 1.82) is 0 Å². The summed E-state index contributed by atoms with van der Waals surface area (Å²) >= 11 is 6.19. The van der Waals surface area contributed by atoms with E-state index in [-0.39, 0.29) is 0 Å². The zero-order valence-corrected chi connectivity index (χ0v) is 11.9. The van der Waals surface area contributed by atoms with Gasteiger partial charge in [0.05, 0.1) is 5.69 Å². The van der Waals surface area contributed by atoms with Crippen LogP contribution in [0.3, 0.4) is 0 Å². The van der Waals surface area contributed by atoms with Crippen LogP contribution in [0.15, 0.2) is 0 Å². The van der Waals surface area contributed by atoms with E-state index in [1.807, 2.05) is 14.0 Å². The van der Waals surface area contributed by atoms with E-state index in [9.17, 15) is 5.11 Å². The Labute approximate surface area is 113 Å². The summed E-state index contributed by atoms with van der Waals surface area (Å²) in [6.45, 7) is 4.01. The molecule has 18 heavy (non-hydrogen) atoms. The molecule has 4 nitrogen and oxygen atoms in total. The Hall–Kier alpha value is -0.580. The van der Waals surface area contributed by atoms with Gasteiger partial charge < -0.3 is 10.4 Å². The summed E-state index contributed by atoms with van der Waals surface area (Å²) < 4.78 is 1.71. The lowest BCUT2D eigenvalue weighted by atomic mass is 9.97. The molecule has 0 radical (unpaired) electrons. The molecule has 5 heteroatoms. The van der Waals surface area contributed by atoms with Crippen LogP contribution in [0.25, 0.3) is 0 Å². The molecule has 0 aliphatic heterocycles. The van der Waals surface area contributed by atoms with Crippen LogP contribution in [0, 0.1) is 18.8 Å². The van der Waals surface area contributed by atoms with Crippen LogP contribution in [-0.4, -0.2) is 28.0 Å². The summed E-state index contributed by atoms with van der Waals surface area (Å²) in [6.07, 6.45) is 3.62. The minimum Gasteiger partial charge on any atom is -0.396 e. The van der Waals surface area contributed by atoms with Gasteiger partial charge in [0.15, 0.2) is 0 Å². The summed E-state index contributed by atoms with van der Waals surface area (Å²) in [7, 11) is 1.86. The van der Waals surface area contributed by atoms with Crippen LogP contribution < -0.4 is 5.32 Å². The summed E-state index contributed by atoms with van der Waals surface area (Å²) in [5.41, 5.74) is 2.07. The number of hydrogen-bond acceptors (Lipinski definition) is 3. The highest BCUT2D eigenvalue weighted by Crippen LogP contribution is 2.30. The van der Waals surface area contributed by atoms with Crippen LogP contribution in [0.1, 0.15) is 30.5 Å². The van der Waals surface area contributed by atoms with Gasteiger partial charge in [0.1, 0.15) is 5.15 Å². The van der Waals surface area contributed by atoms with Gasteiger partial charge in [-0.25, -0.2) is 0 Å². The van der Waals surface area contributed by atoms with Gasteiger partial charge >= 0.3 is 0 Å². The second-order valence-corrected chi connectivity index (χ2v) is 5.60. The Morgan fingerprint density at radius 1 is 1.44 bits per heavy atom. The zero-order chi connectivity index (χ0) is 13.1. The number of aliphatic hydroxyl groups is 1. The number of rotatable bonds is 5. The molecule has 2 atom stereocenters. The minimum atomic E-state index is 0.318. The van der Waals surface area contributed by atoms with E-state index >= 15 is 0 Å². The van der Waals surface area contributed by atoms with Gasteiger partial charge in [-0.2, -0.15) is 5.10 Å². The van der Waals surface area contributed by atoms with E-state index in [4.69, 9.17) is 11.6 Å². The molecule has 2 rings (SSSR count). The van der Waals surface area contributed by atoms with Crippen molar-refractivity contribution >= 4 is 11.6 Å². The first-order valence-corrected chi connectivity index (χ1v) is 7.00. The average Bonchev–Trinajstić information content (AvgIpc) is 2.89. The van der Waals surface area contributed by atoms with Gasteiger partial charge in [0.2, 0.25) is 0 Å². The predicted octanol–water partition coefficient (Wildman–Crippen LogP) is 1.88. The van der Waals surface area contributed by atoms with E-state index in [2.05, 4.69) is 10.4 Å². The predicted molar refractivity (Wildman–Crippen MR) is 72.6 cm³/mol. The lowest BCUT2D eigenvalue weighted by Gasteiger charge is -2.17. The van der Waals surface area contributed by atoms with E-state index in [1.54, 1.807) is 4.68 Å². The standard InChI is InChI=1S/C13H22ClN3O/c1-9-12(13(14)17(2)16-9)7-15-6-10-4-3-5-11(10)8-18/h10-11,15,18H,3-8H2,1-2H3. The fourth-order valence-electron chi connectivity index (χ4n) is 2.88. The molecule has 1 heterocycles. The maximum absolute atomic E-state index is 9.28. The van der Waals surface area contributed by atoms with Crippen LogP contribution in [0.4, 0.5) is 0 Å². The number of aromatic nitrogens is 2. The molecule has 102 valence electrons. The number of aryl methyl sites for hydroxylation is 2. The van der Waals surface area contributed by atoms with Gasteiger partial charge in [-0.15, -0.1) is 0 Å². The molecule has 0 amide bonds. The highest BCUT2D eigenvalue weighted by Gasteiger charge is 2.26. The molecule has 1 aromatic rings. The third kappa shape index (κ3) is 2.87. The van der Waals surface area contributed by atoms with Crippen LogP contribution >= 0.6 is 11.6 Å². The number of nitrogens with zero attached hydrogens (tertiary/aromatic N) is 2. The first-order chi connectivity index (χ1) is 8.63. The van der Waals surface area contributed by atoms with Crippen molar-refractivity contribution in [3.8, 4) is 0 Å². The maximum Gasteiger partial charge on any atom is 0.131 e. The number of halogens is 1. The molecule has 1 aromatic heterocycles. The quantitative estimate of drug-likeness (QED) is 0.860. The number of aliphatic hydroxyl groups excluding tert-OH is 1. The van der Waals surface area contributed by atoms with E-state index in [1.165, 1.54) is 12.8 Å². The average molecular weight is 272 g/mol. The lowest BCUT2D eigenvalue weighted by Crippen LogP contribution is -2.26. The van der Waals surface area contributed by atoms with Gasteiger partial charge in [0.25, 0.3) is 0 Å². The fraction of sp³-hybridized carbons (Fsp3) is 0.769. The van der Waals surface area contributed by atoms with Gasteiger partial charge in [-0.3, -0.25) is 4.68 Å². The summed E-state index contributed by atoms with van der Waals surface area (Å²) in [5.74, 6) is 1.08. The highest BCUT2D eigenvalue weighted by atomic mass is 35.5. The fourth-order valence-corrected chi connectivity index (χ4v) is 3.12. The second-order valence-electron chi connectivity index (χ2n) is 5.24. The summed E-state index contributed by atoms with van der Waals surface area (Å²) in [6, 6.07) is 0. The first-order valence-electron chi connectivity index (χ1n) is 6.63. The van der Waals surface area contributed by atoms with Crippen molar-refractivity contribution in [3.05, 3.63) is 16.4 Å². The van der Waals surface area contributed by atoms with Crippen molar-refractivity contribution in [2.24, 2.45) is 18.9 Å². The second kappa shape index (κ2) is 6.04. The molecule has 0 aromatic carbocycles. The monoisotopic (exact) mass is 271 g/mol. The number of hydrogen-bond donors (Lipinski definition) is 2. The Kier molecular flexibility index (Phi) is 4.65. The minimum absolute atomic E-state index is 0.318. The molecule has 0 saturated heterocycles. The topological polar surface area (TPSA) is 50.1 Å². The van der Waals surface area contributed by atoms with Gasteiger partial charge in [-0.1, -0.05) is 18.0 Å². The Morgan fingerprint density at radius 3 is 2.78 bits per heavy atom. The normalized spacial score (nSPS) is 23.8. The van der Waals surface area contributed by atoms with Gasteiger partial charge in [0, 0.05) is 25.8 Å². The largest absolute Gasteiger partial charge is 0.396 e. The van der Waals surface area contributed by atoms with E-state index in [0.717, 1.165) is 30.8 Å². The summed E-state index contributed by atoms with van der Waals surface area (Å²) in [4.78, 5) is 0. The Morgan fingerprint density at radius 2 is 2.17 bits per heavy atom. The van der Waals surface area contributed by atoms with Crippen molar-refractivity contribution in [1.82, 2.24) is 15.1 Å². The van der Waals surface area contributed by atoms with Crippen molar-refractivity contribution in [3.63, 3.8) is 0 Å². The molecule has 1 aliphatic rings. The zero-order valence-electron chi connectivity index (χ0n) is 11.1. The third-order valence-corrected chi connectivity index (χ3v) is 4.50. The molecule has 1 saturated carbocycles. The molecular weight excluding hydrogens is 250 g/mol. The molecule has 1 aliphatic carbocycles. The molecular formula is C13H22ClN3O. The Balaban J connectivity index is 1.85. The Bertz CT molecular complexity index is 405. The SMILES string of the molecule is Cc1nn(C)c(Cl)c1CNCC1CCCC1CO. The van der Waals surface area contributed by atoms with Crippen molar-refractivity contribution in [2.75, 3.05) is 13.2 Å². The van der Waals surface area contributed by atoms with E-state index in [0.29, 0.717) is 23.6 Å². The molecule has 0 spiro atoms. The summed E-state index contributed by atoms with van der Waals surface area (Å²) in [5, 5.41) is 17.7. The number of nitrogens with one attached hydrogen (secondary N) is 1.